The van der Waals surface area contributed by atoms with Crippen molar-refractivity contribution in [3.63, 3.8) is 0 Å². The second kappa shape index (κ2) is 8.25. The van der Waals surface area contributed by atoms with Crippen molar-refractivity contribution in [3.05, 3.63) is 35.4 Å². The average Bonchev–Trinajstić information content (AvgIpc) is 2.42. The Labute approximate surface area is 120 Å². The minimum Gasteiger partial charge on any atom is -0.493 e. The number of hydrogen-bond donors (Lipinski definition) is 0. The molecule has 0 saturated heterocycles. The van der Waals surface area contributed by atoms with E-state index in [4.69, 9.17) is 14.2 Å². The van der Waals surface area contributed by atoms with Crippen LogP contribution in [0.4, 0.5) is 0 Å². The molecular weight excluding hydrogens is 256 g/mol. The Hall–Kier alpha value is -1.97. The van der Waals surface area contributed by atoms with Crippen LogP contribution in [0.5, 0.6) is 11.5 Å². The second-order valence-electron chi connectivity index (χ2n) is 4.35. The Morgan fingerprint density at radius 3 is 2.45 bits per heavy atom. The van der Waals surface area contributed by atoms with Crippen LogP contribution < -0.4 is 9.47 Å². The molecular formula is C16H22O4. The number of rotatable bonds is 7. The number of benzene rings is 1. The summed E-state index contributed by atoms with van der Waals surface area (Å²) in [6.45, 7) is 6.61. The first kappa shape index (κ1) is 16.1. The number of ether oxygens (including phenoxy) is 3. The molecule has 0 unspecified atom stereocenters. The Bertz CT molecular complexity index is 478. The van der Waals surface area contributed by atoms with Gasteiger partial charge >= 0.3 is 5.97 Å². The van der Waals surface area contributed by atoms with Gasteiger partial charge in [0.25, 0.3) is 0 Å². The maximum absolute atomic E-state index is 11.1. The van der Waals surface area contributed by atoms with Crippen molar-refractivity contribution in [2.45, 2.75) is 27.2 Å². The fraction of sp³-hybridized carbons (Fsp3) is 0.438. The zero-order chi connectivity index (χ0) is 15.0. The normalized spacial score (nSPS) is 10.6. The first-order chi connectivity index (χ1) is 9.60. The summed E-state index contributed by atoms with van der Waals surface area (Å²) in [6.07, 6.45) is 3.80. The fourth-order valence-electron chi connectivity index (χ4n) is 1.79. The predicted octanol–water partition coefficient (Wildman–Crippen LogP) is 3.20. The van der Waals surface area contributed by atoms with Gasteiger partial charge in [-0.25, -0.2) is 4.79 Å². The Kier molecular flexibility index (Phi) is 6.64. The van der Waals surface area contributed by atoms with Crippen LogP contribution in [0.2, 0.25) is 0 Å². The first-order valence-corrected chi connectivity index (χ1v) is 6.70. The average molecular weight is 278 g/mol. The number of carbonyl (C=O) groups excluding carboxylic acids is 1. The third-order valence-corrected chi connectivity index (χ3v) is 2.78. The lowest BCUT2D eigenvalue weighted by atomic mass is 10.1. The van der Waals surface area contributed by atoms with Crippen molar-refractivity contribution in [3.8, 4) is 11.5 Å². The predicted molar refractivity (Wildman–Crippen MR) is 78.4 cm³/mol. The number of aryl methyl sites for hydroxylation is 2. The molecule has 4 nitrogen and oxygen atoms in total. The third-order valence-electron chi connectivity index (χ3n) is 2.78. The van der Waals surface area contributed by atoms with Gasteiger partial charge in [-0.1, -0.05) is 18.2 Å². The van der Waals surface area contributed by atoms with Crippen molar-refractivity contribution in [1.82, 2.24) is 0 Å². The Morgan fingerprint density at radius 2 is 1.85 bits per heavy atom. The van der Waals surface area contributed by atoms with Crippen molar-refractivity contribution < 1.29 is 19.0 Å². The standard InChI is InChI=1S/C16H22O4/c1-5-19-14(17)8-6-7-11-20-16-13(3)10-9-12(2)15(16)18-4/h6,8-10H,5,7,11H2,1-4H3. The zero-order valence-corrected chi connectivity index (χ0v) is 12.6. The highest BCUT2D eigenvalue weighted by atomic mass is 16.5. The number of esters is 1. The highest BCUT2D eigenvalue weighted by Gasteiger charge is 2.10. The molecule has 0 aliphatic heterocycles. The smallest absolute Gasteiger partial charge is 0.330 e. The van der Waals surface area contributed by atoms with Gasteiger partial charge in [0, 0.05) is 6.08 Å². The molecule has 20 heavy (non-hydrogen) atoms. The largest absolute Gasteiger partial charge is 0.493 e. The topological polar surface area (TPSA) is 44.8 Å². The van der Waals surface area contributed by atoms with E-state index in [0.29, 0.717) is 19.6 Å². The lowest BCUT2D eigenvalue weighted by Crippen LogP contribution is -2.02. The summed E-state index contributed by atoms with van der Waals surface area (Å²) in [7, 11) is 1.63. The summed E-state index contributed by atoms with van der Waals surface area (Å²) in [5.74, 6) is 1.20. The van der Waals surface area contributed by atoms with Crippen molar-refractivity contribution in [1.29, 1.82) is 0 Å². The van der Waals surface area contributed by atoms with Gasteiger partial charge in [-0.05, 0) is 38.3 Å². The van der Waals surface area contributed by atoms with E-state index in [1.54, 1.807) is 20.1 Å². The molecule has 0 radical (unpaired) electrons. The van der Waals surface area contributed by atoms with Gasteiger partial charge in [-0.2, -0.15) is 0 Å². The molecule has 0 fully saturated rings. The highest BCUT2D eigenvalue weighted by molar-refractivity contribution is 5.81. The number of methoxy groups -OCH3 is 1. The Morgan fingerprint density at radius 1 is 1.20 bits per heavy atom. The monoisotopic (exact) mass is 278 g/mol. The van der Waals surface area contributed by atoms with Gasteiger partial charge in [-0.3, -0.25) is 0 Å². The van der Waals surface area contributed by atoms with Crippen LogP contribution in [0.1, 0.15) is 24.5 Å². The summed E-state index contributed by atoms with van der Waals surface area (Å²) in [6, 6.07) is 4.00. The lowest BCUT2D eigenvalue weighted by molar-refractivity contribution is -0.137. The van der Waals surface area contributed by atoms with E-state index in [2.05, 4.69) is 0 Å². The van der Waals surface area contributed by atoms with Crippen LogP contribution in [-0.4, -0.2) is 26.3 Å². The number of hydrogen-bond acceptors (Lipinski definition) is 4. The quantitative estimate of drug-likeness (QED) is 0.436. The van der Waals surface area contributed by atoms with E-state index < -0.39 is 0 Å². The van der Waals surface area contributed by atoms with Crippen molar-refractivity contribution in [2.75, 3.05) is 20.3 Å². The van der Waals surface area contributed by atoms with Crippen LogP contribution in [0.25, 0.3) is 0 Å². The SMILES string of the molecule is CCOC(=O)C=CCCOc1c(C)ccc(C)c1OC. The van der Waals surface area contributed by atoms with Gasteiger partial charge in [0.15, 0.2) is 11.5 Å². The summed E-state index contributed by atoms with van der Waals surface area (Å²) >= 11 is 0. The molecule has 0 saturated carbocycles. The maximum atomic E-state index is 11.1. The van der Waals surface area contributed by atoms with E-state index >= 15 is 0 Å². The van der Waals surface area contributed by atoms with Crippen LogP contribution in [0.15, 0.2) is 24.3 Å². The van der Waals surface area contributed by atoms with E-state index in [0.717, 1.165) is 22.6 Å². The second-order valence-corrected chi connectivity index (χ2v) is 4.35. The van der Waals surface area contributed by atoms with Crippen molar-refractivity contribution in [2.24, 2.45) is 0 Å². The van der Waals surface area contributed by atoms with Gasteiger partial charge < -0.3 is 14.2 Å². The van der Waals surface area contributed by atoms with Gasteiger partial charge in [0.05, 0.1) is 20.3 Å². The highest BCUT2D eigenvalue weighted by Crippen LogP contribution is 2.34. The van der Waals surface area contributed by atoms with Crippen molar-refractivity contribution >= 4 is 5.97 Å². The summed E-state index contributed by atoms with van der Waals surface area (Å²) in [5, 5.41) is 0. The van der Waals surface area contributed by atoms with Crippen LogP contribution in [-0.2, 0) is 9.53 Å². The third kappa shape index (κ3) is 4.61. The van der Waals surface area contributed by atoms with E-state index in [9.17, 15) is 4.79 Å². The molecule has 0 N–H and O–H groups in total. The minimum absolute atomic E-state index is 0.322. The molecule has 0 bridgehead atoms. The molecule has 0 aliphatic rings. The maximum Gasteiger partial charge on any atom is 0.330 e. The zero-order valence-electron chi connectivity index (χ0n) is 12.6. The molecule has 110 valence electrons. The van der Waals surface area contributed by atoms with Crippen LogP contribution >= 0.6 is 0 Å². The van der Waals surface area contributed by atoms with E-state index in [-0.39, 0.29) is 5.97 Å². The molecule has 0 aliphatic carbocycles. The lowest BCUT2D eigenvalue weighted by Gasteiger charge is -2.14. The van der Waals surface area contributed by atoms with Crippen LogP contribution in [0, 0.1) is 13.8 Å². The van der Waals surface area contributed by atoms with Gasteiger partial charge in [-0.15, -0.1) is 0 Å². The molecule has 1 aromatic rings. The molecule has 0 amide bonds. The van der Waals surface area contributed by atoms with Gasteiger partial charge in [0.2, 0.25) is 0 Å². The molecule has 0 atom stereocenters. The summed E-state index contributed by atoms with van der Waals surface area (Å²) in [4.78, 5) is 11.1. The Balaban J connectivity index is 2.54. The molecule has 1 rings (SSSR count). The molecule has 4 heteroatoms. The first-order valence-electron chi connectivity index (χ1n) is 6.70. The van der Waals surface area contributed by atoms with Gasteiger partial charge in [0.1, 0.15) is 0 Å². The molecule has 1 aromatic carbocycles. The van der Waals surface area contributed by atoms with Crippen LogP contribution in [0.3, 0.4) is 0 Å². The minimum atomic E-state index is -0.322. The van der Waals surface area contributed by atoms with E-state index in [1.807, 2.05) is 26.0 Å². The molecule has 0 aromatic heterocycles. The summed E-state index contributed by atoms with van der Waals surface area (Å²) < 4.78 is 15.9. The summed E-state index contributed by atoms with van der Waals surface area (Å²) in [5.41, 5.74) is 2.07. The number of carbonyl (C=O) groups is 1. The van der Waals surface area contributed by atoms with E-state index in [1.165, 1.54) is 6.08 Å². The molecule has 0 heterocycles. The fourth-order valence-corrected chi connectivity index (χ4v) is 1.79. The molecule has 0 spiro atoms.